The molecule has 0 aliphatic carbocycles. The van der Waals surface area contributed by atoms with Crippen molar-refractivity contribution >= 4 is 11.8 Å². The van der Waals surface area contributed by atoms with Crippen LogP contribution in [0.3, 0.4) is 0 Å². The number of benzene rings is 1. The molecule has 2 saturated heterocycles. The molecular formula is C22H27FN4O2. The highest BCUT2D eigenvalue weighted by Crippen LogP contribution is 2.47. The Morgan fingerprint density at radius 3 is 2.69 bits per heavy atom. The van der Waals surface area contributed by atoms with E-state index in [-0.39, 0.29) is 23.8 Å². The van der Waals surface area contributed by atoms with Gasteiger partial charge in [0.25, 0.3) is 0 Å². The maximum Gasteiger partial charge on any atom is 0.320 e. The molecule has 0 N–H and O–H groups in total. The molecule has 0 unspecified atom stereocenters. The van der Waals surface area contributed by atoms with Crippen molar-refractivity contribution in [2.75, 3.05) is 45.7 Å². The van der Waals surface area contributed by atoms with Gasteiger partial charge >= 0.3 is 6.03 Å². The molecule has 2 fully saturated rings. The van der Waals surface area contributed by atoms with Crippen LogP contribution >= 0.6 is 0 Å². The molecule has 1 aromatic carbocycles. The first kappa shape index (κ1) is 19.5. The van der Waals surface area contributed by atoms with Gasteiger partial charge in [0.05, 0.1) is 13.2 Å². The molecule has 7 heteroatoms. The van der Waals surface area contributed by atoms with Crippen LogP contribution in [0.5, 0.6) is 5.75 Å². The van der Waals surface area contributed by atoms with Crippen LogP contribution in [0.2, 0.25) is 0 Å². The number of aromatic nitrogens is 1. The summed E-state index contributed by atoms with van der Waals surface area (Å²) in [6.45, 7) is 4.15. The lowest BCUT2D eigenvalue weighted by Gasteiger charge is -2.32. The minimum absolute atomic E-state index is 0.0357. The number of ether oxygens (including phenoxy) is 1. The second-order valence-electron chi connectivity index (χ2n) is 8.14. The lowest BCUT2D eigenvalue weighted by atomic mass is 9.89. The number of hydrogen-bond donors (Lipinski definition) is 0. The highest BCUT2D eigenvalue weighted by Gasteiger charge is 2.50. The molecule has 154 valence electrons. The molecule has 2 aliphatic heterocycles. The molecule has 2 amide bonds. The van der Waals surface area contributed by atoms with E-state index in [0.29, 0.717) is 12.5 Å². The van der Waals surface area contributed by atoms with E-state index in [9.17, 15) is 9.18 Å². The molecule has 2 aliphatic rings. The number of methoxy groups -OCH3 is 1. The molecule has 0 bridgehead atoms. The van der Waals surface area contributed by atoms with Gasteiger partial charge in [-0.3, -0.25) is 0 Å². The van der Waals surface area contributed by atoms with Crippen molar-refractivity contribution in [3.8, 4) is 5.75 Å². The summed E-state index contributed by atoms with van der Waals surface area (Å²) >= 11 is 0. The Morgan fingerprint density at radius 2 is 2.00 bits per heavy atom. The second-order valence-corrected chi connectivity index (χ2v) is 8.14. The minimum atomic E-state index is -0.278. The SMILES string of the molecule is COc1ccc(C)nc1N1C[C@@H]2CN(C(=O)N(C)C)[C@H](c3cccc(F)c3)[C@@H]2C1. The van der Waals surface area contributed by atoms with E-state index in [4.69, 9.17) is 9.72 Å². The first-order chi connectivity index (χ1) is 13.9. The Kier molecular flexibility index (Phi) is 5.06. The molecule has 0 saturated carbocycles. The van der Waals surface area contributed by atoms with E-state index < -0.39 is 0 Å². The van der Waals surface area contributed by atoms with Crippen molar-refractivity contribution in [1.29, 1.82) is 0 Å². The predicted octanol–water partition coefficient (Wildman–Crippen LogP) is 3.33. The summed E-state index contributed by atoms with van der Waals surface area (Å²) in [6, 6.07) is 10.3. The van der Waals surface area contributed by atoms with Crippen LogP contribution in [0.1, 0.15) is 17.3 Å². The van der Waals surface area contributed by atoms with Crippen molar-refractivity contribution in [1.82, 2.24) is 14.8 Å². The number of hydrogen-bond acceptors (Lipinski definition) is 4. The third-order valence-electron chi connectivity index (χ3n) is 5.98. The number of anilines is 1. The quantitative estimate of drug-likeness (QED) is 0.796. The summed E-state index contributed by atoms with van der Waals surface area (Å²) in [7, 11) is 5.17. The fourth-order valence-electron chi connectivity index (χ4n) is 4.71. The summed E-state index contributed by atoms with van der Waals surface area (Å²) < 4.78 is 19.5. The average molecular weight is 398 g/mol. The number of carbonyl (C=O) groups is 1. The zero-order chi connectivity index (χ0) is 20.7. The van der Waals surface area contributed by atoms with E-state index in [1.165, 1.54) is 6.07 Å². The predicted molar refractivity (Wildman–Crippen MR) is 110 cm³/mol. The van der Waals surface area contributed by atoms with Gasteiger partial charge in [-0.1, -0.05) is 12.1 Å². The summed E-state index contributed by atoms with van der Waals surface area (Å²) in [5.74, 6) is 1.80. The topological polar surface area (TPSA) is 48.9 Å². The Morgan fingerprint density at radius 1 is 1.21 bits per heavy atom. The third-order valence-corrected chi connectivity index (χ3v) is 5.98. The molecule has 0 radical (unpaired) electrons. The zero-order valence-corrected chi connectivity index (χ0v) is 17.3. The van der Waals surface area contributed by atoms with E-state index in [0.717, 1.165) is 35.9 Å². The zero-order valence-electron chi connectivity index (χ0n) is 17.3. The van der Waals surface area contributed by atoms with Gasteiger partial charge in [-0.05, 0) is 36.8 Å². The highest BCUT2D eigenvalue weighted by molar-refractivity contribution is 5.75. The summed E-state index contributed by atoms with van der Waals surface area (Å²) in [5, 5.41) is 0. The van der Waals surface area contributed by atoms with Crippen molar-refractivity contribution in [2.24, 2.45) is 11.8 Å². The fraction of sp³-hybridized carbons (Fsp3) is 0.455. The summed E-state index contributed by atoms with van der Waals surface area (Å²) in [4.78, 5) is 23.3. The van der Waals surface area contributed by atoms with E-state index >= 15 is 0 Å². The van der Waals surface area contributed by atoms with Crippen LogP contribution in [0, 0.1) is 24.6 Å². The lowest BCUT2D eigenvalue weighted by molar-refractivity contribution is 0.159. The monoisotopic (exact) mass is 398 g/mol. The van der Waals surface area contributed by atoms with E-state index in [1.54, 1.807) is 38.2 Å². The number of urea groups is 1. The Balaban J connectivity index is 1.67. The third kappa shape index (κ3) is 3.50. The average Bonchev–Trinajstić information content (AvgIpc) is 3.25. The highest BCUT2D eigenvalue weighted by atomic mass is 19.1. The number of aryl methyl sites for hydroxylation is 1. The molecule has 0 spiro atoms. The summed E-state index contributed by atoms with van der Waals surface area (Å²) in [5.41, 5.74) is 1.78. The Hall–Kier alpha value is -2.83. The molecule has 29 heavy (non-hydrogen) atoms. The van der Waals surface area contributed by atoms with Crippen molar-refractivity contribution in [2.45, 2.75) is 13.0 Å². The molecular weight excluding hydrogens is 371 g/mol. The number of fused-ring (bicyclic) bond motifs is 1. The normalized spacial score (nSPS) is 23.3. The number of amides is 2. The van der Waals surface area contributed by atoms with Gasteiger partial charge in [-0.2, -0.15) is 0 Å². The largest absolute Gasteiger partial charge is 0.493 e. The first-order valence-electron chi connectivity index (χ1n) is 9.89. The van der Waals surface area contributed by atoms with Crippen LogP contribution < -0.4 is 9.64 Å². The van der Waals surface area contributed by atoms with Crippen LogP contribution in [-0.4, -0.2) is 61.7 Å². The van der Waals surface area contributed by atoms with Crippen molar-refractivity contribution < 1.29 is 13.9 Å². The number of carbonyl (C=O) groups excluding carboxylic acids is 1. The fourth-order valence-corrected chi connectivity index (χ4v) is 4.71. The molecule has 2 aromatic rings. The van der Waals surface area contributed by atoms with Crippen LogP contribution in [0.4, 0.5) is 15.0 Å². The van der Waals surface area contributed by atoms with Crippen LogP contribution in [-0.2, 0) is 0 Å². The van der Waals surface area contributed by atoms with Gasteiger partial charge in [-0.25, -0.2) is 14.2 Å². The molecule has 3 heterocycles. The maximum absolute atomic E-state index is 14.0. The Bertz CT molecular complexity index is 919. The van der Waals surface area contributed by atoms with E-state index in [2.05, 4.69) is 4.90 Å². The number of likely N-dealkylation sites (tertiary alicyclic amines) is 1. The second kappa shape index (κ2) is 7.54. The van der Waals surface area contributed by atoms with Crippen LogP contribution in [0.15, 0.2) is 36.4 Å². The smallest absolute Gasteiger partial charge is 0.320 e. The minimum Gasteiger partial charge on any atom is -0.493 e. The lowest BCUT2D eigenvalue weighted by Crippen LogP contribution is -2.41. The molecule has 3 atom stereocenters. The maximum atomic E-state index is 14.0. The van der Waals surface area contributed by atoms with Gasteiger partial charge in [-0.15, -0.1) is 0 Å². The van der Waals surface area contributed by atoms with Gasteiger partial charge in [0.1, 0.15) is 5.82 Å². The van der Waals surface area contributed by atoms with Gasteiger partial charge in [0.15, 0.2) is 11.6 Å². The molecule has 1 aromatic heterocycles. The molecule has 4 rings (SSSR count). The van der Waals surface area contributed by atoms with Gasteiger partial charge in [0, 0.05) is 51.3 Å². The van der Waals surface area contributed by atoms with Crippen molar-refractivity contribution in [3.63, 3.8) is 0 Å². The standard InChI is InChI=1S/C22H27FN4O2/c1-14-8-9-19(29-4)21(24-14)26-11-16-12-27(22(28)25(2)3)20(18(16)13-26)15-6-5-7-17(23)10-15/h5-10,16,18,20H,11-13H2,1-4H3/t16-,18-,20-/m1/s1. The van der Waals surface area contributed by atoms with Gasteiger partial charge < -0.3 is 19.4 Å². The Labute approximate surface area is 170 Å². The van der Waals surface area contributed by atoms with E-state index in [1.807, 2.05) is 30.0 Å². The first-order valence-corrected chi connectivity index (χ1v) is 9.89. The van der Waals surface area contributed by atoms with Crippen molar-refractivity contribution in [3.05, 3.63) is 53.5 Å². The number of halogens is 1. The van der Waals surface area contributed by atoms with Gasteiger partial charge in [0.2, 0.25) is 0 Å². The number of nitrogens with zero attached hydrogens (tertiary/aromatic N) is 4. The van der Waals surface area contributed by atoms with Crippen LogP contribution in [0.25, 0.3) is 0 Å². The number of rotatable bonds is 3. The summed E-state index contributed by atoms with van der Waals surface area (Å²) in [6.07, 6.45) is 0. The number of pyridine rings is 1. The molecule has 6 nitrogen and oxygen atoms in total.